The molecule has 0 aromatic heterocycles. The van der Waals surface area contributed by atoms with Gasteiger partial charge in [-0.15, -0.1) is 0 Å². The van der Waals surface area contributed by atoms with Gasteiger partial charge in [0.05, 0.1) is 25.9 Å². The van der Waals surface area contributed by atoms with Crippen molar-refractivity contribution in [2.75, 3.05) is 26.8 Å². The maximum Gasteiger partial charge on any atom is 0.118 e. The molecule has 21 heavy (non-hydrogen) atoms. The average Bonchev–Trinajstić information content (AvgIpc) is 3.03. The zero-order chi connectivity index (χ0) is 14.9. The first-order chi connectivity index (χ1) is 10.3. The molecule has 1 aliphatic carbocycles. The first-order valence-corrected chi connectivity index (χ1v) is 7.91. The third-order valence-electron chi connectivity index (χ3n) is 3.96. The van der Waals surface area contributed by atoms with E-state index in [1.54, 1.807) is 7.11 Å². The predicted molar refractivity (Wildman–Crippen MR) is 83.8 cm³/mol. The van der Waals surface area contributed by atoms with E-state index >= 15 is 0 Å². The summed E-state index contributed by atoms with van der Waals surface area (Å²) in [6, 6.07) is 8.08. The van der Waals surface area contributed by atoms with Crippen molar-refractivity contribution in [2.45, 2.75) is 44.3 Å². The van der Waals surface area contributed by atoms with Crippen LogP contribution in [0.5, 0.6) is 5.75 Å². The zero-order valence-corrected chi connectivity index (χ0v) is 12.9. The molecule has 0 heterocycles. The summed E-state index contributed by atoms with van der Waals surface area (Å²) in [5.41, 5.74) is 1.26. The van der Waals surface area contributed by atoms with Gasteiger partial charge >= 0.3 is 0 Å². The van der Waals surface area contributed by atoms with Crippen LogP contribution in [0.4, 0.5) is 0 Å². The van der Waals surface area contributed by atoms with Crippen molar-refractivity contribution in [3.63, 3.8) is 0 Å². The van der Waals surface area contributed by atoms with Gasteiger partial charge in [-0.3, -0.25) is 0 Å². The quantitative estimate of drug-likeness (QED) is 0.685. The first-order valence-electron chi connectivity index (χ1n) is 7.91. The van der Waals surface area contributed by atoms with Crippen LogP contribution in [-0.4, -0.2) is 44.1 Å². The molecule has 0 amide bonds. The number of aliphatic hydroxyl groups excluding tert-OH is 1. The van der Waals surface area contributed by atoms with Crippen molar-refractivity contribution in [1.29, 1.82) is 0 Å². The second-order valence-electron chi connectivity index (χ2n) is 5.70. The highest BCUT2D eigenvalue weighted by molar-refractivity contribution is 5.27. The Balaban J connectivity index is 1.53. The topological polar surface area (TPSA) is 50.7 Å². The molecule has 0 saturated heterocycles. The fourth-order valence-corrected chi connectivity index (χ4v) is 2.65. The van der Waals surface area contributed by atoms with E-state index in [-0.39, 0.29) is 0 Å². The lowest BCUT2D eigenvalue weighted by atomic mass is 10.1. The molecular weight excluding hydrogens is 266 g/mol. The van der Waals surface area contributed by atoms with Gasteiger partial charge in [0, 0.05) is 6.54 Å². The van der Waals surface area contributed by atoms with Gasteiger partial charge in [0.2, 0.25) is 0 Å². The van der Waals surface area contributed by atoms with Crippen molar-refractivity contribution in [2.24, 2.45) is 0 Å². The van der Waals surface area contributed by atoms with Gasteiger partial charge < -0.3 is 19.9 Å². The van der Waals surface area contributed by atoms with E-state index < -0.39 is 6.10 Å². The van der Waals surface area contributed by atoms with Crippen molar-refractivity contribution in [3.05, 3.63) is 29.8 Å². The third-order valence-corrected chi connectivity index (χ3v) is 3.96. The van der Waals surface area contributed by atoms with Crippen molar-refractivity contribution < 1.29 is 14.6 Å². The Morgan fingerprint density at radius 3 is 2.62 bits per heavy atom. The third kappa shape index (κ3) is 6.04. The summed E-state index contributed by atoms with van der Waals surface area (Å²) in [5.74, 6) is 0.881. The van der Waals surface area contributed by atoms with Gasteiger partial charge in [0.15, 0.2) is 0 Å². The molecular formula is C17H27NO3. The highest BCUT2D eigenvalue weighted by Crippen LogP contribution is 2.20. The van der Waals surface area contributed by atoms with E-state index in [1.807, 2.05) is 12.1 Å². The smallest absolute Gasteiger partial charge is 0.118 e. The summed E-state index contributed by atoms with van der Waals surface area (Å²) in [6.07, 6.45) is 5.73. The molecule has 4 heteroatoms. The molecule has 4 nitrogen and oxygen atoms in total. The summed E-state index contributed by atoms with van der Waals surface area (Å²) < 4.78 is 10.8. The molecule has 1 aromatic carbocycles. The summed E-state index contributed by atoms with van der Waals surface area (Å²) in [6.45, 7) is 1.88. The molecule has 1 fully saturated rings. The average molecular weight is 293 g/mol. The van der Waals surface area contributed by atoms with Crippen molar-refractivity contribution in [3.8, 4) is 5.75 Å². The highest BCUT2D eigenvalue weighted by Gasteiger charge is 2.16. The maximum atomic E-state index is 9.87. The van der Waals surface area contributed by atoms with Crippen LogP contribution in [0, 0.1) is 0 Å². The molecule has 1 aliphatic rings. The Bertz CT molecular complexity index is 388. The van der Waals surface area contributed by atoms with Crippen molar-refractivity contribution >= 4 is 0 Å². The zero-order valence-electron chi connectivity index (χ0n) is 12.9. The Morgan fingerprint density at radius 1 is 1.24 bits per heavy atom. The SMILES string of the molecule is COc1ccc(CCNCC(O)COC2CCCC2)cc1. The molecule has 1 saturated carbocycles. The maximum absolute atomic E-state index is 9.87. The minimum Gasteiger partial charge on any atom is -0.497 e. The first kappa shape index (κ1) is 16.3. The van der Waals surface area contributed by atoms with Gasteiger partial charge in [-0.05, 0) is 43.5 Å². The number of benzene rings is 1. The van der Waals surface area contributed by atoms with Crippen LogP contribution in [0.15, 0.2) is 24.3 Å². The standard InChI is InChI=1S/C17H27NO3/c1-20-16-8-6-14(7-9-16)10-11-18-12-15(19)13-21-17-4-2-3-5-17/h6-9,15,17-19H,2-5,10-13H2,1H3. The number of rotatable bonds is 9. The molecule has 2 rings (SSSR count). The van der Waals surface area contributed by atoms with E-state index in [0.717, 1.165) is 31.6 Å². The fraction of sp³-hybridized carbons (Fsp3) is 0.647. The number of ether oxygens (including phenoxy) is 2. The Labute approximate surface area is 127 Å². The molecule has 1 atom stereocenters. The van der Waals surface area contributed by atoms with Crippen LogP contribution in [0.2, 0.25) is 0 Å². The predicted octanol–water partition coefficient (Wildman–Crippen LogP) is 2.15. The van der Waals surface area contributed by atoms with Crippen LogP contribution in [-0.2, 0) is 11.2 Å². The lowest BCUT2D eigenvalue weighted by molar-refractivity contribution is -0.00530. The summed E-state index contributed by atoms with van der Waals surface area (Å²) in [4.78, 5) is 0. The Hall–Kier alpha value is -1.10. The number of hydrogen-bond acceptors (Lipinski definition) is 4. The normalized spacial score (nSPS) is 17.0. The number of hydrogen-bond donors (Lipinski definition) is 2. The highest BCUT2D eigenvalue weighted by atomic mass is 16.5. The molecule has 0 bridgehead atoms. The molecule has 0 spiro atoms. The molecule has 0 radical (unpaired) electrons. The van der Waals surface area contributed by atoms with Crippen molar-refractivity contribution in [1.82, 2.24) is 5.32 Å². The van der Waals surface area contributed by atoms with Gasteiger partial charge in [-0.2, -0.15) is 0 Å². The summed E-state index contributed by atoms with van der Waals surface area (Å²) in [5, 5.41) is 13.1. The van der Waals surface area contributed by atoms with E-state index in [9.17, 15) is 5.11 Å². The number of aliphatic hydroxyl groups is 1. The van der Waals surface area contributed by atoms with Crippen LogP contribution in [0.25, 0.3) is 0 Å². The monoisotopic (exact) mass is 293 g/mol. The molecule has 118 valence electrons. The van der Waals surface area contributed by atoms with E-state index in [0.29, 0.717) is 19.3 Å². The minimum absolute atomic E-state index is 0.374. The second-order valence-corrected chi connectivity index (χ2v) is 5.70. The van der Waals surface area contributed by atoms with E-state index in [2.05, 4.69) is 17.4 Å². The van der Waals surface area contributed by atoms with Crippen LogP contribution >= 0.6 is 0 Å². The molecule has 1 unspecified atom stereocenters. The summed E-state index contributed by atoms with van der Waals surface area (Å²) >= 11 is 0. The lowest BCUT2D eigenvalue weighted by Crippen LogP contribution is -2.32. The van der Waals surface area contributed by atoms with E-state index in [4.69, 9.17) is 9.47 Å². The molecule has 0 aliphatic heterocycles. The van der Waals surface area contributed by atoms with E-state index in [1.165, 1.54) is 18.4 Å². The van der Waals surface area contributed by atoms with Gasteiger partial charge in [-0.25, -0.2) is 0 Å². The lowest BCUT2D eigenvalue weighted by Gasteiger charge is -2.16. The summed E-state index contributed by atoms with van der Waals surface area (Å²) in [7, 11) is 1.67. The largest absolute Gasteiger partial charge is 0.497 e. The van der Waals surface area contributed by atoms with Gasteiger partial charge in [0.25, 0.3) is 0 Å². The number of methoxy groups -OCH3 is 1. The van der Waals surface area contributed by atoms with Gasteiger partial charge in [0.1, 0.15) is 5.75 Å². The fourth-order valence-electron chi connectivity index (χ4n) is 2.65. The minimum atomic E-state index is -0.415. The van der Waals surface area contributed by atoms with Crippen LogP contribution in [0.1, 0.15) is 31.2 Å². The Kier molecular flexibility index (Phi) is 7.00. The molecule has 1 aromatic rings. The number of nitrogens with one attached hydrogen (secondary N) is 1. The molecule has 2 N–H and O–H groups in total. The Morgan fingerprint density at radius 2 is 1.95 bits per heavy atom. The van der Waals surface area contributed by atoms with Crippen LogP contribution in [0.3, 0.4) is 0 Å². The van der Waals surface area contributed by atoms with Crippen LogP contribution < -0.4 is 10.1 Å². The second kappa shape index (κ2) is 9.03. The van der Waals surface area contributed by atoms with Gasteiger partial charge in [-0.1, -0.05) is 25.0 Å².